The fourth-order valence-corrected chi connectivity index (χ4v) is 2.26. The van der Waals surface area contributed by atoms with E-state index in [1.54, 1.807) is 6.26 Å². The van der Waals surface area contributed by atoms with Crippen molar-refractivity contribution < 1.29 is 9.15 Å². The molecule has 102 valence electrons. The molecule has 1 aromatic rings. The molecular weight excluding hydrogens is 228 g/mol. The molecule has 1 atom stereocenters. The molecular formula is C14H24N2O2. The van der Waals surface area contributed by atoms with Crippen LogP contribution in [-0.2, 0) is 11.2 Å². The predicted molar refractivity (Wildman–Crippen MR) is 71.7 cm³/mol. The van der Waals surface area contributed by atoms with Crippen LogP contribution in [-0.4, -0.2) is 49.8 Å². The summed E-state index contributed by atoms with van der Waals surface area (Å²) < 4.78 is 11.1. The highest BCUT2D eigenvalue weighted by atomic mass is 16.5. The Morgan fingerprint density at radius 3 is 3.11 bits per heavy atom. The second kappa shape index (κ2) is 6.92. The van der Waals surface area contributed by atoms with E-state index in [0.717, 1.165) is 45.0 Å². The molecule has 1 saturated heterocycles. The largest absolute Gasteiger partial charge is 0.469 e. The van der Waals surface area contributed by atoms with Crippen molar-refractivity contribution in [2.75, 3.05) is 32.8 Å². The molecule has 1 aliphatic rings. The summed E-state index contributed by atoms with van der Waals surface area (Å²) in [4.78, 5) is 2.47. The van der Waals surface area contributed by atoms with E-state index in [4.69, 9.17) is 9.15 Å². The number of nitrogens with one attached hydrogen (secondary N) is 1. The molecule has 1 aliphatic heterocycles. The molecule has 2 heterocycles. The number of furan rings is 1. The molecule has 0 amide bonds. The number of rotatable bonds is 6. The molecule has 4 heteroatoms. The van der Waals surface area contributed by atoms with Crippen LogP contribution in [0.15, 0.2) is 22.8 Å². The van der Waals surface area contributed by atoms with E-state index >= 15 is 0 Å². The van der Waals surface area contributed by atoms with E-state index in [2.05, 4.69) is 24.1 Å². The first-order chi connectivity index (χ1) is 8.75. The molecule has 2 rings (SSSR count). The third-order valence-corrected chi connectivity index (χ3v) is 3.40. The van der Waals surface area contributed by atoms with Crippen molar-refractivity contribution in [3.63, 3.8) is 0 Å². The predicted octanol–water partition coefficient (Wildman–Crippen LogP) is 1.52. The second-order valence-electron chi connectivity index (χ2n) is 5.11. The summed E-state index contributed by atoms with van der Waals surface area (Å²) in [5.41, 5.74) is 0. The monoisotopic (exact) mass is 252 g/mol. The summed E-state index contributed by atoms with van der Waals surface area (Å²) in [6.45, 7) is 9.28. The summed E-state index contributed by atoms with van der Waals surface area (Å²) in [5, 5.41) is 3.44. The SMILES string of the molecule is CC(C)N1CCOC(CNCCc2ccco2)C1. The lowest BCUT2D eigenvalue weighted by Gasteiger charge is -2.35. The van der Waals surface area contributed by atoms with Crippen LogP contribution >= 0.6 is 0 Å². The molecule has 1 N–H and O–H groups in total. The van der Waals surface area contributed by atoms with Crippen molar-refractivity contribution in [3.8, 4) is 0 Å². The van der Waals surface area contributed by atoms with Crippen LogP contribution in [0.25, 0.3) is 0 Å². The molecule has 0 bridgehead atoms. The number of nitrogens with zero attached hydrogens (tertiary/aromatic N) is 1. The molecule has 1 fully saturated rings. The summed E-state index contributed by atoms with van der Waals surface area (Å²) in [6.07, 6.45) is 2.98. The van der Waals surface area contributed by atoms with Crippen LogP contribution in [0.3, 0.4) is 0 Å². The van der Waals surface area contributed by atoms with Crippen LogP contribution in [0.5, 0.6) is 0 Å². The van der Waals surface area contributed by atoms with Gasteiger partial charge in [-0.2, -0.15) is 0 Å². The molecule has 0 aromatic carbocycles. The Hall–Kier alpha value is -0.840. The van der Waals surface area contributed by atoms with Crippen molar-refractivity contribution in [1.82, 2.24) is 10.2 Å². The highest BCUT2D eigenvalue weighted by Crippen LogP contribution is 2.08. The van der Waals surface area contributed by atoms with E-state index in [1.807, 2.05) is 12.1 Å². The van der Waals surface area contributed by atoms with Gasteiger partial charge in [0.15, 0.2) is 0 Å². The second-order valence-corrected chi connectivity index (χ2v) is 5.11. The summed E-state index contributed by atoms with van der Waals surface area (Å²) >= 11 is 0. The Morgan fingerprint density at radius 1 is 1.50 bits per heavy atom. The quantitative estimate of drug-likeness (QED) is 0.779. The number of ether oxygens (including phenoxy) is 1. The lowest BCUT2D eigenvalue weighted by molar-refractivity contribution is -0.0370. The Labute approximate surface area is 109 Å². The summed E-state index contributed by atoms with van der Waals surface area (Å²) in [7, 11) is 0. The number of hydrogen-bond acceptors (Lipinski definition) is 4. The molecule has 0 radical (unpaired) electrons. The van der Waals surface area contributed by atoms with Gasteiger partial charge >= 0.3 is 0 Å². The zero-order valence-electron chi connectivity index (χ0n) is 11.4. The van der Waals surface area contributed by atoms with E-state index in [0.29, 0.717) is 12.1 Å². The van der Waals surface area contributed by atoms with Gasteiger partial charge in [0, 0.05) is 38.6 Å². The van der Waals surface area contributed by atoms with Crippen LogP contribution in [0.4, 0.5) is 0 Å². The minimum Gasteiger partial charge on any atom is -0.469 e. The van der Waals surface area contributed by atoms with Gasteiger partial charge in [-0.15, -0.1) is 0 Å². The number of hydrogen-bond donors (Lipinski definition) is 1. The zero-order valence-corrected chi connectivity index (χ0v) is 11.4. The maximum absolute atomic E-state index is 5.77. The highest BCUT2D eigenvalue weighted by molar-refractivity contribution is 4.98. The van der Waals surface area contributed by atoms with Crippen LogP contribution in [0.1, 0.15) is 19.6 Å². The lowest BCUT2D eigenvalue weighted by Crippen LogP contribution is -2.49. The van der Waals surface area contributed by atoms with Gasteiger partial charge in [-0.05, 0) is 26.0 Å². The van der Waals surface area contributed by atoms with Gasteiger partial charge in [0.25, 0.3) is 0 Å². The maximum Gasteiger partial charge on any atom is 0.105 e. The molecule has 0 spiro atoms. The topological polar surface area (TPSA) is 37.6 Å². The van der Waals surface area contributed by atoms with Gasteiger partial charge in [0.2, 0.25) is 0 Å². The smallest absolute Gasteiger partial charge is 0.105 e. The van der Waals surface area contributed by atoms with E-state index in [-0.39, 0.29) is 0 Å². The van der Waals surface area contributed by atoms with Gasteiger partial charge in [0.1, 0.15) is 5.76 Å². The third-order valence-electron chi connectivity index (χ3n) is 3.40. The molecule has 1 aromatic heterocycles. The summed E-state index contributed by atoms with van der Waals surface area (Å²) in [5.74, 6) is 1.04. The summed E-state index contributed by atoms with van der Waals surface area (Å²) in [6, 6.07) is 4.55. The van der Waals surface area contributed by atoms with Gasteiger partial charge in [-0.25, -0.2) is 0 Å². The molecule has 18 heavy (non-hydrogen) atoms. The minimum absolute atomic E-state index is 0.317. The molecule has 0 saturated carbocycles. The normalized spacial score (nSPS) is 21.6. The first kappa shape index (κ1) is 13.6. The fraction of sp³-hybridized carbons (Fsp3) is 0.714. The van der Waals surface area contributed by atoms with Gasteiger partial charge < -0.3 is 14.5 Å². The standard InChI is InChI=1S/C14H24N2O2/c1-12(2)16-7-9-18-14(11-16)10-15-6-5-13-4-3-8-17-13/h3-4,8,12,14-15H,5-7,9-11H2,1-2H3. The average molecular weight is 252 g/mol. The Bertz CT molecular complexity index is 325. The molecule has 4 nitrogen and oxygen atoms in total. The molecule has 0 aliphatic carbocycles. The van der Waals surface area contributed by atoms with Crippen LogP contribution in [0.2, 0.25) is 0 Å². The fourth-order valence-electron chi connectivity index (χ4n) is 2.26. The highest BCUT2D eigenvalue weighted by Gasteiger charge is 2.21. The molecule has 1 unspecified atom stereocenters. The third kappa shape index (κ3) is 4.12. The maximum atomic E-state index is 5.77. The van der Waals surface area contributed by atoms with E-state index in [9.17, 15) is 0 Å². The van der Waals surface area contributed by atoms with Gasteiger partial charge in [0.05, 0.1) is 19.0 Å². The number of morpholine rings is 1. The van der Waals surface area contributed by atoms with E-state index in [1.165, 1.54) is 0 Å². The first-order valence-electron chi connectivity index (χ1n) is 6.84. The van der Waals surface area contributed by atoms with Crippen LogP contribution in [0, 0.1) is 0 Å². The van der Waals surface area contributed by atoms with Crippen molar-refractivity contribution in [2.45, 2.75) is 32.4 Å². The van der Waals surface area contributed by atoms with Gasteiger partial charge in [-0.3, -0.25) is 4.90 Å². The average Bonchev–Trinajstić information content (AvgIpc) is 2.88. The lowest BCUT2D eigenvalue weighted by atomic mass is 10.2. The van der Waals surface area contributed by atoms with E-state index < -0.39 is 0 Å². The van der Waals surface area contributed by atoms with Crippen molar-refractivity contribution in [2.24, 2.45) is 0 Å². The Balaban J connectivity index is 1.61. The van der Waals surface area contributed by atoms with Crippen molar-refractivity contribution >= 4 is 0 Å². The van der Waals surface area contributed by atoms with Crippen molar-refractivity contribution in [3.05, 3.63) is 24.2 Å². The Morgan fingerprint density at radius 2 is 2.39 bits per heavy atom. The van der Waals surface area contributed by atoms with Crippen molar-refractivity contribution in [1.29, 1.82) is 0 Å². The Kier molecular flexibility index (Phi) is 5.23. The van der Waals surface area contributed by atoms with Gasteiger partial charge in [-0.1, -0.05) is 0 Å². The van der Waals surface area contributed by atoms with Crippen LogP contribution < -0.4 is 5.32 Å². The zero-order chi connectivity index (χ0) is 12.8. The minimum atomic E-state index is 0.317. The first-order valence-corrected chi connectivity index (χ1v) is 6.84.